The van der Waals surface area contributed by atoms with Gasteiger partial charge in [0.15, 0.2) is 0 Å². The van der Waals surface area contributed by atoms with Gasteiger partial charge in [-0.3, -0.25) is 4.79 Å². The lowest BCUT2D eigenvalue weighted by Crippen LogP contribution is -2.41. The maximum Gasteiger partial charge on any atom is 0.441 e. The summed E-state index contributed by atoms with van der Waals surface area (Å²) in [5.41, 5.74) is 0.773. The van der Waals surface area contributed by atoms with Crippen LogP contribution in [0.3, 0.4) is 0 Å². The number of nitrogens with two attached hydrogens (primary N) is 1. The van der Waals surface area contributed by atoms with E-state index in [9.17, 15) is 18.0 Å². The van der Waals surface area contributed by atoms with Gasteiger partial charge in [-0.25, -0.2) is 0 Å². The Kier molecular flexibility index (Phi) is 5.94. The van der Waals surface area contributed by atoms with E-state index in [-0.39, 0.29) is 24.1 Å². The molecule has 0 aromatic rings. The summed E-state index contributed by atoms with van der Waals surface area (Å²) < 4.78 is 35.0. The van der Waals surface area contributed by atoms with E-state index in [0.717, 1.165) is 0 Å². The predicted molar refractivity (Wildman–Crippen MR) is 49.8 cm³/mol. The molecule has 0 radical (unpaired) electrons. The lowest BCUT2D eigenvalue weighted by atomic mass is 10.2. The maximum atomic E-state index is 11.7. The van der Waals surface area contributed by atoms with Crippen molar-refractivity contribution in [3.63, 3.8) is 0 Å². The van der Waals surface area contributed by atoms with Crippen molar-refractivity contribution < 1.29 is 18.0 Å². The first-order valence-corrected chi connectivity index (χ1v) is 5.08. The Hall–Kier alpha value is -0.430. The van der Waals surface area contributed by atoms with Crippen molar-refractivity contribution in [2.24, 2.45) is 5.73 Å². The number of primary amides is 1. The van der Waals surface area contributed by atoms with E-state index in [1.54, 1.807) is 6.92 Å². The molecular formula is C7H13F3N2OS. The number of hydrogen-bond donors (Lipinski definition) is 2. The quantitative estimate of drug-likeness (QED) is 0.672. The summed E-state index contributed by atoms with van der Waals surface area (Å²) in [7, 11) is 0. The van der Waals surface area contributed by atoms with Crippen LogP contribution in [-0.2, 0) is 4.79 Å². The smallest absolute Gasteiger partial charge is 0.368 e. The number of amides is 1. The molecule has 1 amide bonds. The lowest BCUT2D eigenvalue weighted by Gasteiger charge is -2.13. The largest absolute Gasteiger partial charge is 0.441 e. The molecule has 0 fully saturated rings. The first-order chi connectivity index (χ1) is 6.37. The molecule has 0 rings (SSSR count). The highest BCUT2D eigenvalue weighted by Crippen LogP contribution is 2.29. The molecule has 3 N–H and O–H groups in total. The number of thioether (sulfide) groups is 1. The third-order valence-electron chi connectivity index (χ3n) is 1.51. The average molecular weight is 230 g/mol. The van der Waals surface area contributed by atoms with Crippen LogP contribution in [0.1, 0.15) is 13.3 Å². The normalized spacial score (nSPS) is 14.0. The van der Waals surface area contributed by atoms with Gasteiger partial charge in [0.25, 0.3) is 0 Å². The molecule has 0 aliphatic carbocycles. The monoisotopic (exact) mass is 230 g/mol. The molecule has 84 valence electrons. The van der Waals surface area contributed by atoms with E-state index in [0.29, 0.717) is 6.42 Å². The van der Waals surface area contributed by atoms with E-state index >= 15 is 0 Å². The summed E-state index contributed by atoms with van der Waals surface area (Å²) in [5, 5.41) is 2.65. The number of carbonyl (C=O) groups excluding carboxylic acids is 1. The average Bonchev–Trinajstić information content (AvgIpc) is 2.01. The second kappa shape index (κ2) is 6.13. The van der Waals surface area contributed by atoms with E-state index in [4.69, 9.17) is 5.73 Å². The third kappa shape index (κ3) is 7.02. The van der Waals surface area contributed by atoms with Gasteiger partial charge in [0, 0.05) is 12.3 Å². The molecular weight excluding hydrogens is 217 g/mol. The molecule has 0 aliphatic rings. The standard InChI is InChI=1S/C7H13F3N2OS/c1-2-5(6(11)13)12-3-4-14-7(8,9)10/h5,12H,2-4H2,1H3,(H2,11,13). The van der Waals surface area contributed by atoms with E-state index in [1.807, 2.05) is 0 Å². The van der Waals surface area contributed by atoms with Gasteiger partial charge in [-0.05, 0) is 18.2 Å². The topological polar surface area (TPSA) is 55.1 Å². The van der Waals surface area contributed by atoms with Gasteiger partial charge in [0.05, 0.1) is 6.04 Å². The van der Waals surface area contributed by atoms with E-state index in [1.165, 1.54) is 0 Å². The highest BCUT2D eigenvalue weighted by atomic mass is 32.2. The Labute approximate surface area is 84.6 Å². The molecule has 0 bridgehead atoms. The Balaban J connectivity index is 3.58. The number of nitrogens with one attached hydrogen (secondary N) is 1. The SMILES string of the molecule is CCC(NCCSC(F)(F)F)C(N)=O. The van der Waals surface area contributed by atoms with Crippen LogP contribution in [0.25, 0.3) is 0 Å². The first kappa shape index (κ1) is 13.6. The Bertz CT molecular complexity index is 186. The number of carbonyl (C=O) groups is 1. The summed E-state index contributed by atoms with van der Waals surface area (Å²) in [6.45, 7) is 1.85. The second-order valence-corrected chi connectivity index (χ2v) is 3.77. The zero-order valence-corrected chi connectivity index (χ0v) is 8.54. The Morgan fingerprint density at radius 1 is 1.57 bits per heavy atom. The van der Waals surface area contributed by atoms with Crippen LogP contribution in [0.4, 0.5) is 13.2 Å². The zero-order chi connectivity index (χ0) is 11.2. The summed E-state index contributed by atoms with van der Waals surface area (Å²) >= 11 is -0.117. The number of hydrogen-bond acceptors (Lipinski definition) is 3. The molecule has 1 atom stereocenters. The molecule has 14 heavy (non-hydrogen) atoms. The molecule has 0 aromatic carbocycles. The van der Waals surface area contributed by atoms with Gasteiger partial charge in [-0.2, -0.15) is 13.2 Å². The molecule has 7 heteroatoms. The van der Waals surface area contributed by atoms with Gasteiger partial charge in [-0.1, -0.05) is 6.92 Å². The summed E-state index contributed by atoms with van der Waals surface area (Å²) in [6.07, 6.45) is 0.478. The van der Waals surface area contributed by atoms with Crippen LogP contribution in [-0.4, -0.2) is 29.8 Å². The van der Waals surface area contributed by atoms with Crippen molar-refractivity contribution in [1.82, 2.24) is 5.32 Å². The first-order valence-electron chi connectivity index (χ1n) is 4.10. The van der Waals surface area contributed by atoms with Crippen molar-refractivity contribution >= 4 is 17.7 Å². The summed E-state index contributed by atoms with van der Waals surface area (Å²) in [4.78, 5) is 10.7. The maximum absolute atomic E-state index is 11.7. The van der Waals surface area contributed by atoms with Crippen molar-refractivity contribution in [1.29, 1.82) is 0 Å². The van der Waals surface area contributed by atoms with Crippen molar-refractivity contribution in [3.05, 3.63) is 0 Å². The number of alkyl halides is 3. The molecule has 0 spiro atoms. The highest BCUT2D eigenvalue weighted by molar-refractivity contribution is 8.00. The van der Waals surface area contributed by atoms with Gasteiger partial charge in [0.1, 0.15) is 0 Å². The van der Waals surface area contributed by atoms with Gasteiger partial charge < -0.3 is 11.1 Å². The minimum atomic E-state index is -4.21. The highest BCUT2D eigenvalue weighted by Gasteiger charge is 2.27. The minimum absolute atomic E-state index is 0.117. The van der Waals surface area contributed by atoms with E-state index in [2.05, 4.69) is 5.32 Å². The van der Waals surface area contributed by atoms with Gasteiger partial charge in [0.2, 0.25) is 5.91 Å². The Morgan fingerprint density at radius 2 is 2.14 bits per heavy atom. The molecule has 0 saturated carbocycles. The fraction of sp³-hybridized carbons (Fsp3) is 0.857. The van der Waals surface area contributed by atoms with Crippen molar-refractivity contribution in [3.8, 4) is 0 Å². The van der Waals surface area contributed by atoms with Crippen LogP contribution >= 0.6 is 11.8 Å². The zero-order valence-electron chi connectivity index (χ0n) is 7.73. The third-order valence-corrected chi connectivity index (χ3v) is 2.25. The second-order valence-electron chi connectivity index (χ2n) is 2.61. The fourth-order valence-electron chi connectivity index (χ4n) is 0.846. The summed E-state index contributed by atoms with van der Waals surface area (Å²) in [5.74, 6) is -0.655. The van der Waals surface area contributed by atoms with Crippen molar-refractivity contribution in [2.75, 3.05) is 12.3 Å². The fourth-order valence-corrected chi connectivity index (χ4v) is 1.30. The Morgan fingerprint density at radius 3 is 2.50 bits per heavy atom. The van der Waals surface area contributed by atoms with Crippen LogP contribution in [0.5, 0.6) is 0 Å². The minimum Gasteiger partial charge on any atom is -0.368 e. The van der Waals surface area contributed by atoms with Gasteiger partial charge >= 0.3 is 5.51 Å². The summed E-state index contributed by atoms with van der Waals surface area (Å²) in [6, 6.07) is -0.538. The molecule has 3 nitrogen and oxygen atoms in total. The number of halogens is 3. The lowest BCUT2D eigenvalue weighted by molar-refractivity contribution is -0.120. The predicted octanol–water partition coefficient (Wildman–Crippen LogP) is 1.09. The molecule has 1 unspecified atom stereocenters. The van der Waals surface area contributed by atoms with Crippen molar-refractivity contribution in [2.45, 2.75) is 24.9 Å². The van der Waals surface area contributed by atoms with Crippen LogP contribution < -0.4 is 11.1 Å². The van der Waals surface area contributed by atoms with Crippen LogP contribution in [0, 0.1) is 0 Å². The van der Waals surface area contributed by atoms with Gasteiger partial charge in [-0.15, -0.1) is 0 Å². The van der Waals surface area contributed by atoms with Crippen LogP contribution in [0.2, 0.25) is 0 Å². The van der Waals surface area contributed by atoms with E-state index < -0.39 is 17.5 Å². The molecule has 0 aliphatic heterocycles. The molecule has 0 heterocycles. The number of rotatable bonds is 6. The molecule has 0 saturated heterocycles. The molecule has 0 aromatic heterocycles. The van der Waals surface area contributed by atoms with Crippen LogP contribution in [0.15, 0.2) is 0 Å².